The first-order chi connectivity index (χ1) is 10.2. The molecule has 4 nitrogen and oxygen atoms in total. The molecule has 1 aliphatic rings. The Hall–Kier alpha value is -1.17. The molecule has 1 unspecified atom stereocenters. The number of hydrogen-bond acceptors (Lipinski definition) is 4. The van der Waals surface area contributed by atoms with Gasteiger partial charge in [-0.25, -0.2) is 0 Å². The molecule has 114 valence electrons. The molecular weight excluding hydrogens is 280 g/mol. The predicted molar refractivity (Wildman–Crippen MR) is 87.5 cm³/mol. The van der Waals surface area contributed by atoms with Gasteiger partial charge in [-0.2, -0.15) is 5.10 Å². The Kier molecular flexibility index (Phi) is 4.73. The van der Waals surface area contributed by atoms with Gasteiger partial charge in [0.15, 0.2) is 0 Å². The number of nitrogens with zero attached hydrogens (tertiary/aromatic N) is 2. The number of aromatic amines is 1. The maximum Gasteiger partial charge on any atom is 0.0638 e. The summed E-state index contributed by atoms with van der Waals surface area (Å²) >= 11 is 1.86. The number of rotatable bonds is 5. The Balaban J connectivity index is 1.52. The third-order valence-corrected chi connectivity index (χ3v) is 5.17. The molecule has 1 atom stereocenters. The van der Waals surface area contributed by atoms with Crippen molar-refractivity contribution in [3.63, 3.8) is 0 Å². The van der Waals surface area contributed by atoms with Crippen molar-refractivity contribution in [2.24, 2.45) is 0 Å². The van der Waals surface area contributed by atoms with Crippen LogP contribution in [0.1, 0.15) is 34.7 Å². The largest absolute Gasteiger partial charge is 0.309 e. The van der Waals surface area contributed by atoms with Crippen LogP contribution in [0.15, 0.2) is 17.5 Å². The molecule has 1 saturated heterocycles. The topological polar surface area (TPSA) is 44.0 Å². The third kappa shape index (κ3) is 3.73. The smallest absolute Gasteiger partial charge is 0.0638 e. The number of nitrogens with one attached hydrogen (secondary N) is 2. The average molecular weight is 304 g/mol. The lowest BCUT2D eigenvalue weighted by molar-refractivity contribution is 0.184. The molecule has 2 aromatic heterocycles. The number of hydrogen-bond donors (Lipinski definition) is 2. The fourth-order valence-electron chi connectivity index (χ4n) is 3.07. The third-order valence-electron chi connectivity index (χ3n) is 4.31. The minimum absolute atomic E-state index is 0.590. The van der Waals surface area contributed by atoms with Crippen LogP contribution in [0.4, 0.5) is 0 Å². The van der Waals surface area contributed by atoms with Crippen LogP contribution in [-0.2, 0) is 13.1 Å². The van der Waals surface area contributed by atoms with Crippen LogP contribution in [0.25, 0.3) is 0 Å². The lowest BCUT2D eigenvalue weighted by Crippen LogP contribution is -2.45. The van der Waals surface area contributed by atoms with Gasteiger partial charge in [-0.15, -0.1) is 11.3 Å². The van der Waals surface area contributed by atoms with E-state index in [0.717, 1.165) is 25.3 Å². The van der Waals surface area contributed by atoms with E-state index in [1.54, 1.807) is 0 Å². The first-order valence-electron chi connectivity index (χ1n) is 7.71. The van der Waals surface area contributed by atoms with E-state index in [4.69, 9.17) is 0 Å². The summed E-state index contributed by atoms with van der Waals surface area (Å²) in [5.74, 6) is 0. The predicted octanol–water partition coefficient (Wildman–Crippen LogP) is 2.84. The number of thiophene rings is 1. The fourth-order valence-corrected chi connectivity index (χ4v) is 3.82. The second-order valence-corrected chi connectivity index (χ2v) is 6.98. The Labute approximate surface area is 130 Å². The summed E-state index contributed by atoms with van der Waals surface area (Å²) < 4.78 is 0. The van der Waals surface area contributed by atoms with E-state index in [-0.39, 0.29) is 0 Å². The van der Waals surface area contributed by atoms with E-state index in [2.05, 4.69) is 51.8 Å². The highest BCUT2D eigenvalue weighted by Crippen LogP contribution is 2.17. The van der Waals surface area contributed by atoms with Gasteiger partial charge in [0.05, 0.1) is 5.69 Å². The van der Waals surface area contributed by atoms with Crippen molar-refractivity contribution in [3.8, 4) is 0 Å². The molecule has 3 rings (SSSR count). The highest BCUT2D eigenvalue weighted by molar-refractivity contribution is 7.09. The summed E-state index contributed by atoms with van der Waals surface area (Å²) in [6.07, 6.45) is 2.56. The molecule has 1 aliphatic heterocycles. The van der Waals surface area contributed by atoms with Crippen LogP contribution in [0, 0.1) is 13.8 Å². The number of aryl methyl sites for hydroxylation is 2. The van der Waals surface area contributed by atoms with Gasteiger partial charge in [-0.1, -0.05) is 6.07 Å². The zero-order valence-electron chi connectivity index (χ0n) is 12.9. The van der Waals surface area contributed by atoms with Gasteiger partial charge in [0.2, 0.25) is 0 Å². The molecule has 0 spiro atoms. The van der Waals surface area contributed by atoms with Crippen LogP contribution in [0.2, 0.25) is 0 Å². The van der Waals surface area contributed by atoms with Gasteiger partial charge < -0.3 is 5.32 Å². The minimum atomic E-state index is 0.590. The Morgan fingerprint density at radius 1 is 1.48 bits per heavy atom. The van der Waals surface area contributed by atoms with E-state index in [0.29, 0.717) is 6.04 Å². The molecular formula is C16H24N4S. The molecule has 2 N–H and O–H groups in total. The van der Waals surface area contributed by atoms with Crippen LogP contribution < -0.4 is 5.32 Å². The minimum Gasteiger partial charge on any atom is -0.309 e. The maximum absolute atomic E-state index is 4.27. The van der Waals surface area contributed by atoms with Gasteiger partial charge in [-0.3, -0.25) is 10.00 Å². The molecule has 21 heavy (non-hydrogen) atoms. The molecule has 5 heteroatoms. The highest BCUT2D eigenvalue weighted by Gasteiger charge is 2.20. The summed E-state index contributed by atoms with van der Waals surface area (Å²) in [5, 5.41) is 13.2. The van der Waals surface area contributed by atoms with E-state index in [9.17, 15) is 0 Å². The zero-order valence-corrected chi connectivity index (χ0v) is 13.7. The van der Waals surface area contributed by atoms with Crippen molar-refractivity contribution in [2.75, 3.05) is 13.1 Å². The monoisotopic (exact) mass is 304 g/mol. The van der Waals surface area contributed by atoms with Crippen molar-refractivity contribution in [1.82, 2.24) is 20.4 Å². The van der Waals surface area contributed by atoms with Gasteiger partial charge in [0, 0.05) is 41.8 Å². The average Bonchev–Trinajstić information content (AvgIpc) is 3.09. The zero-order chi connectivity index (χ0) is 14.7. The molecule has 0 amide bonds. The number of H-pyrrole nitrogens is 1. The fraction of sp³-hybridized carbons (Fsp3) is 0.562. The van der Waals surface area contributed by atoms with E-state index in [1.807, 2.05) is 11.3 Å². The summed E-state index contributed by atoms with van der Waals surface area (Å²) in [4.78, 5) is 4.04. The molecule has 2 aromatic rings. The quantitative estimate of drug-likeness (QED) is 0.893. The summed E-state index contributed by atoms with van der Waals surface area (Å²) in [7, 11) is 0. The van der Waals surface area contributed by atoms with Crippen molar-refractivity contribution in [1.29, 1.82) is 0 Å². The Morgan fingerprint density at radius 3 is 3.10 bits per heavy atom. The second-order valence-electron chi connectivity index (χ2n) is 5.95. The molecule has 0 aliphatic carbocycles. The van der Waals surface area contributed by atoms with Crippen molar-refractivity contribution < 1.29 is 0 Å². The normalized spacial score (nSPS) is 20.0. The molecule has 1 fully saturated rings. The second kappa shape index (κ2) is 6.73. The van der Waals surface area contributed by atoms with Gasteiger partial charge >= 0.3 is 0 Å². The van der Waals surface area contributed by atoms with E-state index >= 15 is 0 Å². The van der Waals surface area contributed by atoms with Crippen LogP contribution in [-0.4, -0.2) is 34.2 Å². The van der Waals surface area contributed by atoms with Gasteiger partial charge in [0.25, 0.3) is 0 Å². The molecule has 0 radical (unpaired) electrons. The molecule has 3 heterocycles. The summed E-state index contributed by atoms with van der Waals surface area (Å²) in [6.45, 7) is 8.56. The van der Waals surface area contributed by atoms with E-state index < -0.39 is 0 Å². The van der Waals surface area contributed by atoms with Crippen LogP contribution in [0.5, 0.6) is 0 Å². The Morgan fingerprint density at radius 2 is 2.38 bits per heavy atom. The Bertz CT molecular complexity index is 541. The maximum atomic E-state index is 4.27. The molecule has 0 saturated carbocycles. The first-order valence-corrected chi connectivity index (χ1v) is 8.59. The lowest BCUT2D eigenvalue weighted by atomic mass is 10.0. The van der Waals surface area contributed by atoms with Crippen LogP contribution >= 0.6 is 11.3 Å². The van der Waals surface area contributed by atoms with Gasteiger partial charge in [0.1, 0.15) is 0 Å². The number of aromatic nitrogens is 2. The van der Waals surface area contributed by atoms with Gasteiger partial charge in [-0.05, 0) is 44.7 Å². The van der Waals surface area contributed by atoms with E-state index in [1.165, 1.54) is 35.5 Å². The summed E-state index contributed by atoms with van der Waals surface area (Å²) in [6, 6.07) is 4.97. The SMILES string of the molecule is Cc1n[nH]c(C)c1CNC1CCCN(Cc2cccs2)C1. The standard InChI is InChI=1S/C16H24N4S/c1-12-16(13(2)19-18-12)9-17-14-5-3-7-20(10-14)11-15-6-4-8-21-15/h4,6,8,14,17H,3,5,7,9-11H2,1-2H3,(H,18,19). The number of piperidine rings is 1. The summed E-state index contributed by atoms with van der Waals surface area (Å²) in [5.41, 5.74) is 3.63. The van der Waals surface area contributed by atoms with Crippen LogP contribution in [0.3, 0.4) is 0 Å². The van der Waals surface area contributed by atoms with Crippen molar-refractivity contribution in [2.45, 2.75) is 45.8 Å². The van der Waals surface area contributed by atoms with Crippen molar-refractivity contribution in [3.05, 3.63) is 39.3 Å². The highest BCUT2D eigenvalue weighted by atomic mass is 32.1. The molecule has 0 aromatic carbocycles. The van der Waals surface area contributed by atoms with Crippen molar-refractivity contribution >= 4 is 11.3 Å². The number of likely N-dealkylation sites (tertiary alicyclic amines) is 1. The lowest BCUT2D eigenvalue weighted by Gasteiger charge is -2.33. The molecule has 0 bridgehead atoms. The first kappa shape index (κ1) is 14.8.